The third kappa shape index (κ3) is 11.5. The SMILES string of the molecule is CC(C)(c1c(O)c(Cl)c(Cl)c(Cl)c1Cl)c1c(O)c(Cl)c(Cl)c(Cl)c1Cl.CC(C)(c1cc(Cl)c(O)c(Cl)c1)c1cc(Cl)c(O)c(Cl)c1.CC(C)(c1ccc(O)c(Cl)c1)c1ccc(O)c(Cl)c1. The second kappa shape index (κ2) is 21.4. The number of rotatable bonds is 6. The summed E-state index contributed by atoms with van der Waals surface area (Å²) in [4.78, 5) is 0. The Labute approximate surface area is 445 Å². The molecule has 0 heterocycles. The van der Waals surface area contributed by atoms with Crippen molar-refractivity contribution >= 4 is 162 Å². The van der Waals surface area contributed by atoms with Crippen LogP contribution in [0.15, 0.2) is 60.7 Å². The first-order valence-corrected chi connectivity index (χ1v) is 23.6. The van der Waals surface area contributed by atoms with Gasteiger partial charge in [0.1, 0.15) is 33.0 Å². The third-order valence-electron chi connectivity index (χ3n) is 10.6. The quantitative estimate of drug-likeness (QED) is 0.0730. The lowest BCUT2D eigenvalue weighted by Crippen LogP contribution is -2.21. The fraction of sp³-hybridized carbons (Fsp3) is 0.200. The molecule has 0 fully saturated rings. The zero-order chi connectivity index (χ0) is 49.6. The van der Waals surface area contributed by atoms with E-state index in [1.54, 1.807) is 62.4 Å². The summed E-state index contributed by atoms with van der Waals surface area (Å²) in [5.41, 5.74) is 1.56. The minimum Gasteiger partial charge on any atom is -0.506 e. The minimum absolute atomic E-state index is 0.0590. The van der Waals surface area contributed by atoms with E-state index in [0.717, 1.165) is 22.3 Å². The summed E-state index contributed by atoms with van der Waals surface area (Å²) in [6, 6.07) is 16.8. The largest absolute Gasteiger partial charge is 0.506 e. The average Bonchev–Trinajstić information content (AvgIpc) is 3.23. The van der Waals surface area contributed by atoms with Gasteiger partial charge in [0.15, 0.2) is 11.5 Å². The number of aromatic hydroxyl groups is 6. The van der Waals surface area contributed by atoms with Crippen LogP contribution in [0, 0.1) is 0 Å². The normalized spacial score (nSPS) is 11.8. The Kier molecular flexibility index (Phi) is 18.4. The lowest BCUT2D eigenvalue weighted by molar-refractivity contribution is 0.436. The highest BCUT2D eigenvalue weighted by molar-refractivity contribution is 6.54. The maximum atomic E-state index is 10.5. The zero-order valence-electron chi connectivity index (χ0n) is 34.2. The van der Waals surface area contributed by atoms with Gasteiger partial charge in [0.05, 0.1) is 60.3 Å². The molecule has 0 bridgehead atoms. The van der Waals surface area contributed by atoms with Gasteiger partial charge in [-0.3, -0.25) is 0 Å². The molecule has 6 aromatic carbocycles. The van der Waals surface area contributed by atoms with Gasteiger partial charge in [0, 0.05) is 27.4 Å². The van der Waals surface area contributed by atoms with Crippen molar-refractivity contribution in [1.29, 1.82) is 0 Å². The van der Waals surface area contributed by atoms with E-state index in [2.05, 4.69) is 0 Å². The molecule has 6 aromatic rings. The third-order valence-corrected chi connectivity index (χ3v) is 15.9. The van der Waals surface area contributed by atoms with E-state index in [9.17, 15) is 30.6 Å². The minimum atomic E-state index is -1.22. The molecule has 20 heteroatoms. The van der Waals surface area contributed by atoms with Crippen LogP contribution in [-0.4, -0.2) is 30.6 Å². The Balaban J connectivity index is 0.000000216. The molecule has 0 unspecified atom stereocenters. The van der Waals surface area contributed by atoms with Gasteiger partial charge in [-0.2, -0.15) is 0 Å². The van der Waals surface area contributed by atoms with Gasteiger partial charge in [-0.05, 0) is 70.8 Å². The summed E-state index contributed by atoms with van der Waals surface area (Å²) in [5.74, 6) is -1.01. The Morgan fingerprint density at radius 3 is 0.800 bits per heavy atom. The molecule has 6 rings (SSSR count). The Hall–Kier alpha value is -1.82. The molecule has 0 aliphatic heterocycles. The maximum absolute atomic E-state index is 10.5. The molecule has 0 aliphatic rings. The standard InChI is InChI=1S/C15H8Cl8O2.C15H12Cl4O2.C15H14Cl2O2/c1-15(2,3-5(16)7(18)9(20)11(22)13(3)24)4-6(17)8(19)10(21)12(23)14(4)25;1-15(2,7-3-9(16)13(20)10(17)4-7)8-5-11(18)14(21)12(19)6-8;1-15(2,9-3-5-13(18)11(16)7-9)10-4-6-14(19)12(17)8-10/h24-25H,1-2H3;3-6,20-21H,1-2H3;3-8,18-19H,1-2H3. The van der Waals surface area contributed by atoms with Gasteiger partial charge < -0.3 is 30.6 Å². The van der Waals surface area contributed by atoms with E-state index < -0.39 is 22.3 Å². The molecule has 0 amide bonds. The molecule has 0 aliphatic carbocycles. The number of phenols is 6. The predicted molar refractivity (Wildman–Crippen MR) is 275 cm³/mol. The van der Waals surface area contributed by atoms with Crippen LogP contribution in [0.4, 0.5) is 0 Å². The van der Waals surface area contributed by atoms with Crippen LogP contribution in [0.25, 0.3) is 0 Å². The second-order valence-corrected chi connectivity index (χ2v) is 21.2. The fourth-order valence-electron chi connectivity index (χ4n) is 6.48. The molecule has 0 aromatic heterocycles. The van der Waals surface area contributed by atoms with Crippen molar-refractivity contribution < 1.29 is 30.6 Å². The van der Waals surface area contributed by atoms with Crippen LogP contribution in [-0.2, 0) is 16.2 Å². The number of halogens is 14. The molecule has 0 saturated carbocycles. The average molecular weight is 1170 g/mol. The highest BCUT2D eigenvalue weighted by atomic mass is 35.5. The van der Waals surface area contributed by atoms with Crippen LogP contribution in [0.1, 0.15) is 74.9 Å². The van der Waals surface area contributed by atoms with E-state index in [1.165, 1.54) is 0 Å². The molecule has 0 radical (unpaired) electrons. The molecule has 65 heavy (non-hydrogen) atoms. The van der Waals surface area contributed by atoms with Crippen molar-refractivity contribution in [3.63, 3.8) is 0 Å². The Morgan fingerprint density at radius 2 is 0.523 bits per heavy atom. The lowest BCUT2D eigenvalue weighted by atomic mass is 9.77. The number of hydrogen-bond donors (Lipinski definition) is 6. The predicted octanol–water partition coefficient (Wildman–Crippen LogP) is 19.4. The van der Waals surface area contributed by atoms with Gasteiger partial charge in [-0.15, -0.1) is 0 Å². The van der Waals surface area contributed by atoms with E-state index >= 15 is 0 Å². The summed E-state index contributed by atoms with van der Waals surface area (Å²) in [6.07, 6.45) is 0. The van der Waals surface area contributed by atoms with Gasteiger partial charge in [0.25, 0.3) is 0 Å². The summed E-state index contributed by atoms with van der Waals surface area (Å²) in [5, 5.41) is 59.7. The highest BCUT2D eigenvalue weighted by Gasteiger charge is 2.39. The van der Waals surface area contributed by atoms with Crippen molar-refractivity contribution in [3.8, 4) is 34.5 Å². The monoisotopic (exact) mass is 1160 g/mol. The first-order valence-electron chi connectivity index (χ1n) is 18.3. The molecule has 6 N–H and O–H groups in total. The first-order chi connectivity index (χ1) is 29.8. The molecular formula is C45H34Cl14O6. The molecule has 0 atom stereocenters. The van der Waals surface area contributed by atoms with Crippen LogP contribution in [0.5, 0.6) is 34.5 Å². The van der Waals surface area contributed by atoms with E-state index in [-0.39, 0.29) is 99.8 Å². The molecule has 348 valence electrons. The Morgan fingerprint density at radius 1 is 0.277 bits per heavy atom. The fourth-order valence-corrected chi connectivity index (χ4v) is 9.98. The van der Waals surface area contributed by atoms with Crippen LogP contribution in [0.2, 0.25) is 70.3 Å². The van der Waals surface area contributed by atoms with Gasteiger partial charge in [-0.25, -0.2) is 0 Å². The van der Waals surface area contributed by atoms with Crippen molar-refractivity contribution in [3.05, 3.63) is 164 Å². The van der Waals surface area contributed by atoms with Gasteiger partial charge in [0.2, 0.25) is 0 Å². The molecule has 6 nitrogen and oxygen atoms in total. The van der Waals surface area contributed by atoms with E-state index in [4.69, 9.17) is 162 Å². The summed E-state index contributed by atoms with van der Waals surface area (Å²) in [6.45, 7) is 11.1. The number of hydrogen-bond acceptors (Lipinski definition) is 6. The second-order valence-electron chi connectivity index (χ2n) is 15.7. The van der Waals surface area contributed by atoms with Crippen LogP contribution >= 0.6 is 162 Å². The highest BCUT2D eigenvalue weighted by Crippen LogP contribution is 2.56. The molecular weight excluding hydrogens is 1130 g/mol. The number of phenolic OH excluding ortho intramolecular Hbond substituents is 6. The first kappa shape index (κ1) is 55.8. The lowest BCUT2D eigenvalue weighted by Gasteiger charge is -2.31. The van der Waals surface area contributed by atoms with Crippen molar-refractivity contribution in [2.75, 3.05) is 0 Å². The molecule has 0 spiro atoms. The van der Waals surface area contributed by atoms with Crippen LogP contribution in [0.3, 0.4) is 0 Å². The van der Waals surface area contributed by atoms with E-state index in [1.807, 2.05) is 39.8 Å². The zero-order valence-corrected chi connectivity index (χ0v) is 44.8. The van der Waals surface area contributed by atoms with Crippen molar-refractivity contribution in [2.24, 2.45) is 0 Å². The summed E-state index contributed by atoms with van der Waals surface area (Å²) in [7, 11) is 0. The van der Waals surface area contributed by atoms with Crippen molar-refractivity contribution in [1.82, 2.24) is 0 Å². The Bertz CT molecular complexity index is 2540. The van der Waals surface area contributed by atoms with Crippen LogP contribution < -0.4 is 0 Å². The summed E-state index contributed by atoms with van der Waals surface area (Å²) >= 11 is 84.5. The van der Waals surface area contributed by atoms with Gasteiger partial charge in [-0.1, -0.05) is 216 Å². The van der Waals surface area contributed by atoms with Crippen molar-refractivity contribution in [2.45, 2.75) is 57.8 Å². The summed E-state index contributed by atoms with van der Waals surface area (Å²) < 4.78 is 0. The number of benzene rings is 6. The van der Waals surface area contributed by atoms with Gasteiger partial charge >= 0.3 is 0 Å². The smallest absolute Gasteiger partial charge is 0.152 e. The van der Waals surface area contributed by atoms with E-state index in [0.29, 0.717) is 10.0 Å². The topological polar surface area (TPSA) is 121 Å². The maximum Gasteiger partial charge on any atom is 0.152 e. The molecule has 0 saturated heterocycles.